The summed E-state index contributed by atoms with van der Waals surface area (Å²) in [6, 6.07) is 8.20. The zero-order chi connectivity index (χ0) is 25.3. The van der Waals surface area contributed by atoms with Crippen molar-refractivity contribution in [2.45, 2.75) is 63.8 Å². The Morgan fingerprint density at radius 1 is 1.06 bits per heavy atom. The van der Waals surface area contributed by atoms with Crippen molar-refractivity contribution in [3.63, 3.8) is 0 Å². The van der Waals surface area contributed by atoms with Crippen molar-refractivity contribution in [3.8, 4) is 0 Å². The van der Waals surface area contributed by atoms with Gasteiger partial charge in [0.1, 0.15) is 12.1 Å². The van der Waals surface area contributed by atoms with Gasteiger partial charge in [-0.3, -0.25) is 5.14 Å². The molecule has 33 heavy (non-hydrogen) atoms. The van der Waals surface area contributed by atoms with Crippen LogP contribution in [0.3, 0.4) is 0 Å². The summed E-state index contributed by atoms with van der Waals surface area (Å²) < 4.78 is 43.3. The van der Waals surface area contributed by atoms with E-state index in [0.717, 1.165) is 35.1 Å². The summed E-state index contributed by atoms with van der Waals surface area (Å²) >= 11 is 0. The van der Waals surface area contributed by atoms with Gasteiger partial charge in [0.2, 0.25) is 0 Å². The summed E-state index contributed by atoms with van der Waals surface area (Å²) in [6.07, 6.45) is -1.33. The van der Waals surface area contributed by atoms with Crippen LogP contribution in [0.25, 0.3) is 0 Å². The van der Waals surface area contributed by atoms with Crippen LogP contribution < -0.4 is 5.14 Å². The van der Waals surface area contributed by atoms with Crippen molar-refractivity contribution >= 4 is 17.2 Å². The van der Waals surface area contributed by atoms with Gasteiger partial charge in [0.05, 0.1) is 4.90 Å². The second-order valence-corrected chi connectivity index (χ2v) is 10.1. The number of hydrogen-bond donors (Lipinski definition) is 1. The second kappa shape index (κ2) is 13.6. The maximum Gasteiger partial charge on any atom is 0.263 e. The molecule has 2 aromatic rings. The van der Waals surface area contributed by atoms with Gasteiger partial charge < -0.3 is 9.69 Å². The zero-order valence-electron chi connectivity index (χ0n) is 20.5. The molecule has 2 aromatic carbocycles. The fourth-order valence-electron chi connectivity index (χ4n) is 3.49. The topological polar surface area (TPSA) is 58.7 Å². The number of benzene rings is 2. The second-order valence-electron chi connectivity index (χ2n) is 8.66. The quantitative estimate of drug-likeness (QED) is 0.457. The number of halogens is 3. The van der Waals surface area contributed by atoms with Gasteiger partial charge >= 0.3 is 0 Å². The monoisotopic (exact) mass is 483 g/mol. The molecule has 0 heterocycles. The number of alkyl halides is 2. The standard InChI is InChI=1S/C15H20F2O.C10H16FN3S/c1-9(2)13-7-11(15(16)17)8-14(10(3)4)12(13)5-6-18;1-13-15(12)10-5-4-8(6-9(10)11)7-14(2)3/h6-10,15H,5H2,1-4H3;4-6H,7H2,1-3H3,(H2,12,13). The van der Waals surface area contributed by atoms with E-state index in [4.69, 9.17) is 5.14 Å². The molecule has 0 saturated heterocycles. The van der Waals surface area contributed by atoms with Gasteiger partial charge in [-0.05, 0) is 83.3 Å². The van der Waals surface area contributed by atoms with Gasteiger partial charge in [-0.15, -0.1) is 0 Å². The van der Waals surface area contributed by atoms with Gasteiger partial charge in [0.25, 0.3) is 6.43 Å². The van der Waals surface area contributed by atoms with E-state index in [2.05, 4.69) is 4.36 Å². The Morgan fingerprint density at radius 2 is 1.61 bits per heavy atom. The Balaban J connectivity index is 0.000000335. The molecule has 8 heteroatoms. The lowest BCUT2D eigenvalue weighted by atomic mass is 9.85. The first-order valence-corrected chi connectivity index (χ1v) is 12.1. The van der Waals surface area contributed by atoms with Crippen LogP contribution in [0.1, 0.15) is 73.8 Å². The minimum Gasteiger partial charge on any atom is -0.305 e. The van der Waals surface area contributed by atoms with Crippen LogP contribution >= 0.6 is 0 Å². The fraction of sp³-hybridized carbons (Fsp3) is 0.480. The molecule has 0 saturated carbocycles. The molecule has 0 aliphatic carbocycles. The molecular formula is C25H36F3N3OS. The summed E-state index contributed by atoms with van der Waals surface area (Å²) in [4.78, 5) is 13.3. The molecular weight excluding hydrogens is 447 g/mol. The zero-order valence-corrected chi connectivity index (χ0v) is 21.3. The van der Waals surface area contributed by atoms with Crippen LogP contribution in [0.5, 0.6) is 0 Å². The summed E-state index contributed by atoms with van der Waals surface area (Å²) in [6.45, 7) is 8.57. The van der Waals surface area contributed by atoms with Gasteiger partial charge in [-0.2, -0.15) is 0 Å². The maximum atomic E-state index is 13.6. The average Bonchev–Trinajstić information content (AvgIpc) is 2.73. The van der Waals surface area contributed by atoms with Crippen LogP contribution in [0.4, 0.5) is 13.2 Å². The molecule has 1 atom stereocenters. The number of nitrogens with zero attached hydrogens (tertiary/aromatic N) is 2. The smallest absolute Gasteiger partial charge is 0.263 e. The number of aldehydes is 1. The molecule has 0 aromatic heterocycles. The molecule has 1 unspecified atom stereocenters. The molecule has 2 N–H and O–H groups in total. The first-order valence-electron chi connectivity index (χ1n) is 10.8. The minimum atomic E-state index is -2.47. The highest BCUT2D eigenvalue weighted by molar-refractivity contribution is 7.85. The van der Waals surface area contributed by atoms with Crippen molar-refractivity contribution in [1.82, 2.24) is 4.90 Å². The van der Waals surface area contributed by atoms with Gasteiger partial charge in [0, 0.05) is 25.6 Å². The van der Waals surface area contributed by atoms with Crippen LogP contribution in [-0.2, 0) is 28.6 Å². The lowest BCUT2D eigenvalue weighted by Crippen LogP contribution is -2.11. The van der Waals surface area contributed by atoms with Crippen LogP contribution in [0.2, 0.25) is 0 Å². The van der Waals surface area contributed by atoms with Gasteiger partial charge in [-0.25, -0.2) is 17.5 Å². The van der Waals surface area contributed by atoms with E-state index in [0.29, 0.717) is 11.3 Å². The molecule has 0 fully saturated rings. The van der Waals surface area contributed by atoms with E-state index in [-0.39, 0.29) is 23.2 Å². The Morgan fingerprint density at radius 3 is 1.97 bits per heavy atom. The van der Waals surface area contributed by atoms with E-state index in [9.17, 15) is 18.0 Å². The molecule has 0 aliphatic heterocycles. The molecule has 0 spiro atoms. The maximum absolute atomic E-state index is 13.6. The van der Waals surface area contributed by atoms with E-state index < -0.39 is 17.3 Å². The third kappa shape index (κ3) is 8.68. The highest BCUT2D eigenvalue weighted by Gasteiger charge is 2.18. The van der Waals surface area contributed by atoms with Crippen molar-refractivity contribution in [3.05, 3.63) is 64.0 Å². The number of carbonyl (C=O) groups is 1. The normalized spacial score (nSPS) is 12.5. The lowest BCUT2D eigenvalue weighted by Gasteiger charge is -2.20. The molecule has 0 amide bonds. The summed E-state index contributed by atoms with van der Waals surface area (Å²) in [5.74, 6) is -0.00177. The van der Waals surface area contributed by atoms with Gasteiger partial charge in [0.15, 0.2) is 0 Å². The van der Waals surface area contributed by atoms with Crippen molar-refractivity contribution < 1.29 is 18.0 Å². The SMILES string of the molecule is CC(C)c1cc(C(F)F)cc(C(C)C)c1CC=O.CN=S(N)c1ccc(CN(C)C)cc1F. The third-order valence-corrected chi connectivity index (χ3v) is 6.22. The molecule has 4 nitrogen and oxygen atoms in total. The molecule has 2 rings (SSSR count). The number of hydrogen-bond acceptors (Lipinski definition) is 3. The predicted octanol–water partition coefficient (Wildman–Crippen LogP) is 6.16. The first kappa shape index (κ1) is 29.0. The van der Waals surface area contributed by atoms with Crippen molar-refractivity contribution in [2.24, 2.45) is 9.50 Å². The third-order valence-electron chi connectivity index (χ3n) is 5.04. The summed E-state index contributed by atoms with van der Waals surface area (Å²) in [5, 5.41) is 5.66. The minimum absolute atomic E-state index is 0.0528. The Labute approximate surface area is 198 Å². The first-order chi connectivity index (χ1) is 15.4. The van der Waals surface area contributed by atoms with E-state index in [1.807, 2.05) is 52.8 Å². The van der Waals surface area contributed by atoms with Crippen molar-refractivity contribution in [1.29, 1.82) is 0 Å². The van der Waals surface area contributed by atoms with E-state index in [1.54, 1.807) is 25.2 Å². The lowest BCUT2D eigenvalue weighted by molar-refractivity contribution is -0.107. The Bertz CT molecular complexity index is 931. The highest BCUT2D eigenvalue weighted by Crippen LogP contribution is 2.33. The van der Waals surface area contributed by atoms with E-state index >= 15 is 0 Å². The van der Waals surface area contributed by atoms with Crippen LogP contribution in [0.15, 0.2) is 39.6 Å². The fourth-order valence-corrected chi connectivity index (χ4v) is 4.16. The highest BCUT2D eigenvalue weighted by atomic mass is 32.2. The molecule has 0 radical (unpaired) electrons. The number of nitrogens with two attached hydrogens (primary N) is 1. The molecule has 184 valence electrons. The largest absolute Gasteiger partial charge is 0.305 e. The summed E-state index contributed by atoms with van der Waals surface area (Å²) in [5.41, 5.74) is 3.64. The van der Waals surface area contributed by atoms with Crippen LogP contribution in [0, 0.1) is 5.82 Å². The average molecular weight is 484 g/mol. The summed E-state index contributed by atoms with van der Waals surface area (Å²) in [7, 11) is 4.65. The Hall–Kier alpha value is -2.03. The van der Waals surface area contributed by atoms with E-state index in [1.165, 1.54) is 6.07 Å². The Kier molecular flexibility index (Phi) is 12.0. The number of carbonyl (C=O) groups excluding carboxylic acids is 1. The molecule has 0 aliphatic rings. The predicted molar refractivity (Wildman–Crippen MR) is 131 cm³/mol. The molecule has 0 bridgehead atoms. The van der Waals surface area contributed by atoms with Gasteiger partial charge in [-0.1, -0.05) is 33.8 Å². The van der Waals surface area contributed by atoms with Crippen molar-refractivity contribution in [2.75, 3.05) is 21.1 Å². The number of rotatable bonds is 8. The van der Waals surface area contributed by atoms with Crippen LogP contribution in [-0.4, -0.2) is 32.3 Å².